The van der Waals surface area contributed by atoms with Crippen LogP contribution in [0.25, 0.3) is 0 Å². The molecule has 0 radical (unpaired) electrons. The number of aryl methyl sites for hydroxylation is 2. The summed E-state index contributed by atoms with van der Waals surface area (Å²) >= 11 is 0. The lowest BCUT2D eigenvalue weighted by atomic mass is 10.1. The molecule has 1 heterocycles. The van der Waals surface area contributed by atoms with Crippen molar-refractivity contribution in [3.63, 3.8) is 0 Å². The van der Waals surface area contributed by atoms with E-state index in [1.165, 1.54) is 96.6 Å². The Morgan fingerprint density at radius 1 is 0.682 bits per heavy atom. The molecule has 1 aromatic heterocycles. The van der Waals surface area contributed by atoms with Crippen molar-refractivity contribution < 1.29 is 4.57 Å². The first-order valence-electron chi connectivity index (χ1n) is 9.91. The van der Waals surface area contributed by atoms with Crippen molar-refractivity contribution >= 4 is 0 Å². The first-order chi connectivity index (χ1) is 10.9. The number of nitrogens with zero attached hydrogens (tertiary/aromatic N) is 2. The summed E-state index contributed by atoms with van der Waals surface area (Å²) in [5.74, 6) is 0. The molecule has 0 amide bonds. The molecule has 0 fully saturated rings. The first kappa shape index (κ1) is 19.3. The molecule has 2 heteroatoms. The largest absolute Gasteiger partial charge is 0.243 e. The molecule has 0 saturated carbocycles. The Kier molecular flexibility index (Phi) is 12.1. The predicted octanol–water partition coefficient (Wildman–Crippen LogP) is 5.89. The highest BCUT2D eigenvalue weighted by molar-refractivity contribution is 4.66. The zero-order valence-corrected chi connectivity index (χ0v) is 15.2. The second-order valence-electron chi connectivity index (χ2n) is 6.78. The first-order valence-corrected chi connectivity index (χ1v) is 9.91. The number of hydrogen-bond acceptors (Lipinski definition) is 0. The van der Waals surface area contributed by atoms with Crippen molar-refractivity contribution in [1.82, 2.24) is 4.57 Å². The fraction of sp³-hybridized carbons (Fsp3) is 0.850. The fourth-order valence-corrected chi connectivity index (χ4v) is 3.03. The van der Waals surface area contributed by atoms with Crippen molar-refractivity contribution in [3.05, 3.63) is 18.7 Å². The van der Waals surface area contributed by atoms with Crippen LogP contribution in [0.2, 0.25) is 0 Å². The van der Waals surface area contributed by atoms with E-state index < -0.39 is 0 Å². The molecule has 0 N–H and O–H groups in total. The fourth-order valence-electron chi connectivity index (χ4n) is 3.03. The van der Waals surface area contributed by atoms with Gasteiger partial charge in [-0.3, -0.25) is 0 Å². The summed E-state index contributed by atoms with van der Waals surface area (Å²) in [6.45, 7) is 6.95. The third-order valence-corrected chi connectivity index (χ3v) is 4.54. The molecule has 0 aliphatic heterocycles. The third-order valence-electron chi connectivity index (χ3n) is 4.54. The highest BCUT2D eigenvalue weighted by Crippen LogP contribution is 2.09. The van der Waals surface area contributed by atoms with Gasteiger partial charge in [-0.1, -0.05) is 71.6 Å². The quantitative estimate of drug-likeness (QED) is 0.282. The summed E-state index contributed by atoms with van der Waals surface area (Å²) < 4.78 is 4.72. The van der Waals surface area contributed by atoms with Crippen LogP contribution in [0.15, 0.2) is 18.7 Å². The summed E-state index contributed by atoms with van der Waals surface area (Å²) in [5, 5.41) is 0. The van der Waals surface area contributed by atoms with Gasteiger partial charge >= 0.3 is 0 Å². The molecule has 0 aliphatic rings. The van der Waals surface area contributed by atoms with E-state index in [1.807, 2.05) is 0 Å². The van der Waals surface area contributed by atoms with E-state index >= 15 is 0 Å². The van der Waals surface area contributed by atoms with Crippen LogP contribution in [-0.2, 0) is 13.1 Å². The molecule has 0 aromatic carbocycles. The van der Waals surface area contributed by atoms with Crippen LogP contribution in [0, 0.1) is 0 Å². The van der Waals surface area contributed by atoms with Gasteiger partial charge < -0.3 is 0 Å². The lowest BCUT2D eigenvalue weighted by molar-refractivity contribution is -0.696. The topological polar surface area (TPSA) is 8.81 Å². The number of hydrogen-bond donors (Lipinski definition) is 0. The van der Waals surface area contributed by atoms with Crippen LogP contribution in [0.5, 0.6) is 0 Å². The van der Waals surface area contributed by atoms with Gasteiger partial charge in [0, 0.05) is 0 Å². The van der Waals surface area contributed by atoms with Crippen LogP contribution in [0.3, 0.4) is 0 Å². The van der Waals surface area contributed by atoms with Gasteiger partial charge in [-0.2, -0.15) is 0 Å². The van der Waals surface area contributed by atoms with E-state index in [0.717, 1.165) is 0 Å². The number of aromatic nitrogens is 2. The smallest absolute Gasteiger partial charge is 0.237 e. The summed E-state index contributed by atoms with van der Waals surface area (Å²) in [6, 6.07) is 0. The Balaban J connectivity index is 1.98. The molecule has 128 valence electrons. The van der Waals surface area contributed by atoms with Gasteiger partial charge in [-0.15, -0.1) is 0 Å². The molecule has 0 bridgehead atoms. The Labute approximate surface area is 138 Å². The van der Waals surface area contributed by atoms with E-state index in [9.17, 15) is 0 Å². The van der Waals surface area contributed by atoms with Crippen LogP contribution < -0.4 is 4.57 Å². The van der Waals surface area contributed by atoms with Crippen LogP contribution >= 0.6 is 0 Å². The lowest BCUT2D eigenvalue weighted by Crippen LogP contribution is -2.30. The zero-order valence-electron chi connectivity index (χ0n) is 15.2. The zero-order chi connectivity index (χ0) is 15.9. The minimum atomic E-state index is 1.19. The van der Waals surface area contributed by atoms with Gasteiger partial charge in [0.25, 0.3) is 0 Å². The van der Waals surface area contributed by atoms with Crippen LogP contribution in [0.1, 0.15) is 97.3 Å². The number of unbranched alkanes of at least 4 members (excludes halogenated alkanes) is 11. The summed E-state index contributed by atoms with van der Waals surface area (Å²) in [4.78, 5) is 0. The maximum atomic E-state index is 2.36. The molecule has 0 aliphatic carbocycles. The second-order valence-corrected chi connectivity index (χ2v) is 6.78. The van der Waals surface area contributed by atoms with Gasteiger partial charge in [0.15, 0.2) is 0 Å². The van der Waals surface area contributed by atoms with Gasteiger partial charge in [-0.25, -0.2) is 9.13 Å². The Hall–Kier alpha value is -0.790. The van der Waals surface area contributed by atoms with Crippen molar-refractivity contribution in [3.8, 4) is 0 Å². The van der Waals surface area contributed by atoms with Crippen molar-refractivity contribution in [2.75, 3.05) is 0 Å². The van der Waals surface area contributed by atoms with Gasteiger partial charge in [0.2, 0.25) is 6.33 Å². The maximum absolute atomic E-state index is 2.36. The Morgan fingerprint density at radius 3 is 1.86 bits per heavy atom. The minimum Gasteiger partial charge on any atom is -0.237 e. The Morgan fingerprint density at radius 2 is 1.23 bits per heavy atom. The monoisotopic (exact) mass is 307 g/mol. The van der Waals surface area contributed by atoms with Crippen molar-refractivity contribution in [1.29, 1.82) is 0 Å². The van der Waals surface area contributed by atoms with Crippen LogP contribution in [-0.4, -0.2) is 4.57 Å². The van der Waals surface area contributed by atoms with Crippen LogP contribution in [0.4, 0.5) is 0 Å². The molecule has 1 aromatic rings. The SMILES string of the molecule is CCCCCCCCCCn1cc[n+](CCCCCCC)c1. The highest BCUT2D eigenvalue weighted by Gasteiger charge is 2.03. The van der Waals surface area contributed by atoms with E-state index in [4.69, 9.17) is 0 Å². The average Bonchev–Trinajstić information content (AvgIpc) is 2.97. The van der Waals surface area contributed by atoms with Gasteiger partial charge in [-0.05, 0) is 25.7 Å². The van der Waals surface area contributed by atoms with Gasteiger partial charge in [0.1, 0.15) is 12.4 Å². The van der Waals surface area contributed by atoms with E-state index in [1.54, 1.807) is 0 Å². The number of rotatable bonds is 15. The predicted molar refractivity (Wildman–Crippen MR) is 96.0 cm³/mol. The molecule has 1 rings (SSSR count). The minimum absolute atomic E-state index is 1.19. The molecule has 0 atom stereocenters. The van der Waals surface area contributed by atoms with E-state index in [0.29, 0.717) is 0 Å². The Bertz CT molecular complexity index is 343. The van der Waals surface area contributed by atoms with Crippen molar-refractivity contribution in [2.45, 2.75) is 110 Å². The molecule has 0 unspecified atom stereocenters. The molecule has 0 saturated heterocycles. The third kappa shape index (κ3) is 10.0. The summed E-state index contributed by atoms with van der Waals surface area (Å²) in [7, 11) is 0. The number of imidazole rings is 1. The van der Waals surface area contributed by atoms with E-state index in [2.05, 4.69) is 41.7 Å². The lowest BCUT2D eigenvalue weighted by Gasteiger charge is -2.00. The average molecular weight is 308 g/mol. The normalized spacial score (nSPS) is 11.2. The second kappa shape index (κ2) is 13.8. The van der Waals surface area contributed by atoms with Crippen molar-refractivity contribution in [2.24, 2.45) is 0 Å². The highest BCUT2D eigenvalue weighted by atomic mass is 15.1. The van der Waals surface area contributed by atoms with E-state index in [-0.39, 0.29) is 0 Å². The maximum Gasteiger partial charge on any atom is 0.243 e. The molecule has 22 heavy (non-hydrogen) atoms. The molecule has 0 spiro atoms. The summed E-state index contributed by atoms with van der Waals surface area (Å²) in [6.07, 6.45) is 24.8. The standard InChI is InChI=1S/C20H39N2/c1-3-5-7-9-10-11-13-15-17-22-19-18-21(20-22)16-14-12-8-6-4-2/h18-20H,3-17H2,1-2H3/q+1. The molecule has 2 nitrogen and oxygen atoms in total. The molecular formula is C20H39N2+. The molecular weight excluding hydrogens is 268 g/mol. The van der Waals surface area contributed by atoms with Gasteiger partial charge in [0.05, 0.1) is 13.1 Å². The summed E-state index contributed by atoms with van der Waals surface area (Å²) in [5.41, 5.74) is 0.